The first-order valence-electron chi connectivity index (χ1n) is 10.2. The zero-order valence-electron chi connectivity index (χ0n) is 17.6. The Hall–Kier alpha value is -2.70. The molecule has 2 aromatic rings. The fourth-order valence-electron chi connectivity index (χ4n) is 4.19. The van der Waals surface area contributed by atoms with Crippen LogP contribution in [0.3, 0.4) is 0 Å². The summed E-state index contributed by atoms with van der Waals surface area (Å²) in [4.78, 5) is 20.4. The summed E-state index contributed by atoms with van der Waals surface area (Å²) in [5, 5.41) is 26.7. The summed E-state index contributed by atoms with van der Waals surface area (Å²) in [7, 11) is 4.19. The lowest BCUT2D eigenvalue weighted by molar-refractivity contribution is -0.159. The molecule has 0 unspecified atom stereocenters. The Morgan fingerprint density at radius 1 is 1.00 bits per heavy atom. The van der Waals surface area contributed by atoms with E-state index in [1.54, 1.807) is 0 Å². The van der Waals surface area contributed by atoms with E-state index in [-0.39, 0.29) is 5.92 Å². The van der Waals surface area contributed by atoms with Gasteiger partial charge in [0, 0.05) is 5.92 Å². The van der Waals surface area contributed by atoms with Crippen molar-refractivity contribution in [2.45, 2.75) is 43.6 Å². The molecule has 0 saturated heterocycles. The van der Waals surface area contributed by atoms with Crippen LogP contribution in [-0.4, -0.2) is 52.8 Å². The molecule has 0 heterocycles. The number of rotatable bonds is 5. The highest BCUT2D eigenvalue weighted by Crippen LogP contribution is 2.47. The van der Waals surface area contributed by atoms with E-state index in [2.05, 4.69) is 73.6 Å². The van der Waals surface area contributed by atoms with Gasteiger partial charge >= 0.3 is 11.9 Å². The summed E-state index contributed by atoms with van der Waals surface area (Å²) in [6, 6.07) is 19.1. The van der Waals surface area contributed by atoms with E-state index in [9.17, 15) is 5.11 Å². The molecular weight excluding hydrogens is 382 g/mol. The van der Waals surface area contributed by atoms with Crippen LogP contribution in [0, 0.1) is 0 Å². The van der Waals surface area contributed by atoms with Crippen molar-refractivity contribution in [2.75, 3.05) is 20.6 Å². The van der Waals surface area contributed by atoms with Crippen LogP contribution in [0.25, 0.3) is 0 Å². The Morgan fingerprint density at radius 2 is 1.60 bits per heavy atom. The van der Waals surface area contributed by atoms with Crippen LogP contribution in [-0.2, 0) is 21.6 Å². The van der Waals surface area contributed by atoms with E-state index in [0.717, 1.165) is 44.2 Å². The Kier molecular flexibility index (Phi) is 8.57. The highest BCUT2D eigenvalue weighted by molar-refractivity contribution is 6.27. The van der Waals surface area contributed by atoms with E-state index >= 15 is 0 Å². The van der Waals surface area contributed by atoms with Gasteiger partial charge in [-0.3, -0.25) is 0 Å². The normalized spacial score (nSPS) is 20.5. The summed E-state index contributed by atoms with van der Waals surface area (Å²) in [6.07, 6.45) is 5.04. The van der Waals surface area contributed by atoms with Gasteiger partial charge < -0.3 is 20.2 Å². The smallest absolute Gasteiger partial charge is 0.414 e. The monoisotopic (exact) mass is 413 g/mol. The van der Waals surface area contributed by atoms with E-state index in [0.29, 0.717) is 0 Å². The van der Waals surface area contributed by atoms with Crippen LogP contribution in [0.1, 0.15) is 48.3 Å². The zero-order chi connectivity index (χ0) is 22.1. The summed E-state index contributed by atoms with van der Waals surface area (Å²) in [5.74, 6) is -3.48. The molecule has 3 rings (SSSR count). The molecule has 0 amide bonds. The van der Waals surface area contributed by atoms with Gasteiger partial charge in [0.2, 0.25) is 0 Å². The summed E-state index contributed by atoms with van der Waals surface area (Å²) < 4.78 is 0. The first-order valence-corrected chi connectivity index (χ1v) is 10.2. The lowest BCUT2D eigenvalue weighted by Crippen LogP contribution is -2.34. The largest absolute Gasteiger partial charge is 0.473 e. The van der Waals surface area contributed by atoms with Gasteiger partial charge in [-0.25, -0.2) is 9.59 Å². The first-order chi connectivity index (χ1) is 14.3. The molecule has 6 nitrogen and oxygen atoms in total. The molecule has 2 atom stereocenters. The number of carboxylic acids is 2. The van der Waals surface area contributed by atoms with Crippen LogP contribution < -0.4 is 0 Å². The molecule has 0 bridgehead atoms. The minimum Gasteiger partial charge on any atom is -0.473 e. The Labute approximate surface area is 177 Å². The average Bonchev–Trinajstić information content (AvgIpc) is 2.86. The maximum absolute atomic E-state index is 11.9. The fraction of sp³-hybridized carbons (Fsp3) is 0.417. The number of hydrogen-bond donors (Lipinski definition) is 3. The van der Waals surface area contributed by atoms with Crippen molar-refractivity contribution in [3.05, 3.63) is 71.3 Å². The average molecular weight is 414 g/mol. The topological polar surface area (TPSA) is 98.1 Å². The number of aliphatic hydroxyl groups is 1. The minimum absolute atomic E-state index is 0.171. The van der Waals surface area contributed by atoms with Gasteiger partial charge in [0.15, 0.2) is 0 Å². The quantitative estimate of drug-likeness (QED) is 0.513. The maximum atomic E-state index is 11.9. The van der Waals surface area contributed by atoms with Gasteiger partial charge in [0.1, 0.15) is 0 Å². The first kappa shape index (κ1) is 23.6. The second-order valence-electron chi connectivity index (χ2n) is 7.95. The molecule has 1 aliphatic carbocycles. The number of fused-ring (bicyclic) bond motifs is 1. The second-order valence-corrected chi connectivity index (χ2v) is 7.95. The predicted octanol–water partition coefficient (Wildman–Crippen LogP) is 3.49. The maximum Gasteiger partial charge on any atom is 0.414 e. The van der Waals surface area contributed by atoms with Gasteiger partial charge in [-0.05, 0) is 69.4 Å². The molecule has 1 aliphatic rings. The third-order valence-corrected chi connectivity index (χ3v) is 5.55. The SMILES string of the molecule is CN(C)CCC[C@@]1(O)c2ccccc2CCC[C@@H]1c1ccccc1.O=C(O)C(=O)O. The predicted molar refractivity (Wildman–Crippen MR) is 116 cm³/mol. The van der Waals surface area contributed by atoms with Crippen LogP contribution in [0.5, 0.6) is 0 Å². The van der Waals surface area contributed by atoms with E-state index in [4.69, 9.17) is 19.8 Å². The molecule has 162 valence electrons. The van der Waals surface area contributed by atoms with Gasteiger partial charge in [-0.2, -0.15) is 0 Å². The lowest BCUT2D eigenvalue weighted by atomic mass is 9.73. The van der Waals surface area contributed by atoms with Crippen LogP contribution in [0.4, 0.5) is 0 Å². The van der Waals surface area contributed by atoms with Gasteiger partial charge in [-0.15, -0.1) is 0 Å². The van der Waals surface area contributed by atoms with E-state index in [1.165, 1.54) is 11.1 Å². The van der Waals surface area contributed by atoms with Crippen molar-refractivity contribution in [1.82, 2.24) is 4.90 Å². The molecule has 0 saturated carbocycles. The Balaban J connectivity index is 0.000000469. The van der Waals surface area contributed by atoms with Crippen molar-refractivity contribution in [3.8, 4) is 0 Å². The standard InChI is InChI=1S/C22H29NO.C2H2O4/c1-23(2)17-9-16-22(24)20-14-7-6-12-19(20)13-8-15-21(22)18-10-4-3-5-11-18;3-1(4)2(5)6/h3-7,10-12,14,21,24H,8-9,13,15-17H2,1-2H3;(H,3,4)(H,5,6)/t21-,22-;/m1./s1. The third kappa shape index (κ3) is 6.15. The number of carbonyl (C=O) groups is 2. The third-order valence-electron chi connectivity index (χ3n) is 5.55. The van der Waals surface area contributed by atoms with Crippen molar-refractivity contribution < 1.29 is 24.9 Å². The molecule has 2 aromatic carbocycles. The van der Waals surface area contributed by atoms with Crippen LogP contribution in [0.15, 0.2) is 54.6 Å². The van der Waals surface area contributed by atoms with Crippen molar-refractivity contribution in [2.24, 2.45) is 0 Å². The molecule has 30 heavy (non-hydrogen) atoms. The van der Waals surface area contributed by atoms with Gasteiger partial charge in [0.05, 0.1) is 5.60 Å². The van der Waals surface area contributed by atoms with Gasteiger partial charge in [0.25, 0.3) is 0 Å². The molecule has 6 heteroatoms. The zero-order valence-corrected chi connectivity index (χ0v) is 17.6. The van der Waals surface area contributed by atoms with E-state index in [1.807, 2.05) is 0 Å². The molecule has 0 aliphatic heterocycles. The molecule has 3 N–H and O–H groups in total. The number of carboxylic acid groups (broad SMARTS) is 2. The van der Waals surface area contributed by atoms with Gasteiger partial charge in [-0.1, -0.05) is 54.6 Å². The molecule has 0 aromatic heterocycles. The fourth-order valence-corrected chi connectivity index (χ4v) is 4.19. The lowest BCUT2D eigenvalue weighted by Gasteiger charge is -2.37. The second kappa shape index (κ2) is 10.9. The molecule has 0 spiro atoms. The summed E-state index contributed by atoms with van der Waals surface area (Å²) in [5.41, 5.74) is 2.96. The molecule has 0 fully saturated rings. The highest BCUT2D eigenvalue weighted by atomic mass is 16.4. The molecule has 0 radical (unpaired) electrons. The number of benzene rings is 2. The number of aliphatic carboxylic acids is 2. The van der Waals surface area contributed by atoms with Crippen LogP contribution >= 0.6 is 0 Å². The van der Waals surface area contributed by atoms with E-state index < -0.39 is 17.5 Å². The minimum atomic E-state index is -1.82. The molecular formula is C24H31NO5. The number of nitrogens with zero attached hydrogens (tertiary/aromatic N) is 1. The van der Waals surface area contributed by atoms with Crippen molar-refractivity contribution >= 4 is 11.9 Å². The summed E-state index contributed by atoms with van der Waals surface area (Å²) >= 11 is 0. The number of hydrogen-bond acceptors (Lipinski definition) is 4. The number of aryl methyl sites for hydroxylation is 1. The van der Waals surface area contributed by atoms with Crippen molar-refractivity contribution in [1.29, 1.82) is 0 Å². The Bertz CT molecular complexity index is 824. The highest BCUT2D eigenvalue weighted by Gasteiger charge is 2.41. The Morgan fingerprint density at radius 3 is 2.20 bits per heavy atom. The summed E-state index contributed by atoms with van der Waals surface area (Å²) in [6.45, 7) is 1.01. The van der Waals surface area contributed by atoms with Crippen molar-refractivity contribution in [3.63, 3.8) is 0 Å². The van der Waals surface area contributed by atoms with Crippen LogP contribution in [0.2, 0.25) is 0 Å².